The number of ether oxygens (including phenoxy) is 3. The van der Waals surface area contributed by atoms with E-state index in [1.165, 1.54) is 0 Å². The summed E-state index contributed by atoms with van der Waals surface area (Å²) in [5.74, 6) is 3.11. The van der Waals surface area contributed by atoms with Gasteiger partial charge in [0.2, 0.25) is 10.9 Å². The average molecular weight is 592 g/mol. The van der Waals surface area contributed by atoms with Crippen LogP contribution in [0.1, 0.15) is 23.6 Å². The summed E-state index contributed by atoms with van der Waals surface area (Å²) in [6, 6.07) is 29.1. The zero-order valence-corrected chi connectivity index (χ0v) is 25.6. The molecule has 9 heteroatoms. The Hall–Kier alpha value is -5.02. The molecular formula is C34H33N5O3S. The van der Waals surface area contributed by atoms with Crippen molar-refractivity contribution in [1.82, 2.24) is 5.01 Å². The molecule has 0 saturated carbocycles. The summed E-state index contributed by atoms with van der Waals surface area (Å²) < 4.78 is 16.7. The summed E-state index contributed by atoms with van der Waals surface area (Å²) in [7, 11) is 3.24. The van der Waals surface area contributed by atoms with Gasteiger partial charge in [0.05, 0.1) is 44.1 Å². The zero-order valence-electron chi connectivity index (χ0n) is 24.8. The molecule has 218 valence electrons. The van der Waals surface area contributed by atoms with E-state index in [2.05, 4.69) is 0 Å². The standard InChI is InChI=1S/C34H33N5O3S/c1-6-42-27-17-15-26(16-18-27)38-32(36-29-13-9-7-11-23(29)2)33(37-30-14-10-8-12-24(30)3)39(34(38)43)35-22-25-21-28(40-4)19-20-31(25)41-5/h7-22H,6H2,1-5H3/b35-22+,36-32?,37-33?. The van der Waals surface area contributed by atoms with Gasteiger partial charge in [-0.2, -0.15) is 10.1 Å². The molecule has 5 rings (SSSR count). The summed E-state index contributed by atoms with van der Waals surface area (Å²) in [5.41, 5.74) is 5.13. The summed E-state index contributed by atoms with van der Waals surface area (Å²) in [5, 5.41) is 6.88. The van der Waals surface area contributed by atoms with Crippen LogP contribution >= 0.6 is 12.2 Å². The number of anilines is 1. The van der Waals surface area contributed by atoms with Gasteiger partial charge >= 0.3 is 0 Å². The summed E-state index contributed by atoms with van der Waals surface area (Å²) in [4.78, 5) is 12.1. The van der Waals surface area contributed by atoms with Gasteiger partial charge in [0.1, 0.15) is 17.2 Å². The number of hydrazone groups is 1. The second kappa shape index (κ2) is 13.3. The minimum absolute atomic E-state index is 0.391. The number of nitrogens with zero attached hydrogens (tertiary/aromatic N) is 5. The molecule has 1 aliphatic heterocycles. The fraction of sp³-hybridized carbons (Fsp3) is 0.176. The van der Waals surface area contributed by atoms with Crippen LogP contribution in [0.2, 0.25) is 0 Å². The highest BCUT2D eigenvalue weighted by Gasteiger charge is 2.39. The lowest BCUT2D eigenvalue weighted by molar-refractivity contribution is 0.340. The van der Waals surface area contributed by atoms with E-state index in [0.29, 0.717) is 34.9 Å². The van der Waals surface area contributed by atoms with Crippen LogP contribution in [0.3, 0.4) is 0 Å². The molecule has 0 unspecified atom stereocenters. The predicted octanol–water partition coefficient (Wildman–Crippen LogP) is 7.62. The molecule has 0 amide bonds. The van der Waals surface area contributed by atoms with E-state index in [-0.39, 0.29) is 0 Å². The molecular weight excluding hydrogens is 558 g/mol. The Bertz CT molecular complexity index is 1720. The van der Waals surface area contributed by atoms with Crippen molar-refractivity contribution in [3.63, 3.8) is 0 Å². The maximum Gasteiger partial charge on any atom is 0.209 e. The quantitative estimate of drug-likeness (QED) is 0.147. The Morgan fingerprint density at radius 1 is 0.744 bits per heavy atom. The lowest BCUT2D eigenvalue weighted by atomic mass is 10.2. The fourth-order valence-corrected chi connectivity index (χ4v) is 4.85. The van der Waals surface area contributed by atoms with Gasteiger partial charge in [-0.1, -0.05) is 36.4 Å². The normalized spacial score (nSPS) is 15.1. The van der Waals surface area contributed by atoms with Crippen molar-refractivity contribution in [2.45, 2.75) is 20.8 Å². The first-order valence-electron chi connectivity index (χ1n) is 13.9. The Labute approximate surface area is 257 Å². The molecule has 0 radical (unpaired) electrons. The SMILES string of the molecule is CCOc1ccc(N2C(=S)N(/N=C/c3cc(OC)ccc3OC)C(=Nc3ccccc3C)C2=Nc2ccccc2C)cc1. The van der Waals surface area contributed by atoms with E-state index >= 15 is 0 Å². The van der Waals surface area contributed by atoms with Crippen LogP contribution in [0.15, 0.2) is 106 Å². The average Bonchev–Trinajstić information content (AvgIpc) is 3.27. The minimum Gasteiger partial charge on any atom is -0.497 e. The number of hydrogen-bond acceptors (Lipinski definition) is 7. The Morgan fingerprint density at radius 3 is 1.93 bits per heavy atom. The number of rotatable bonds is 9. The van der Waals surface area contributed by atoms with Crippen molar-refractivity contribution < 1.29 is 14.2 Å². The van der Waals surface area contributed by atoms with Gasteiger partial charge < -0.3 is 14.2 Å². The second-order valence-corrected chi connectivity index (χ2v) is 10.0. The van der Waals surface area contributed by atoms with Gasteiger partial charge in [0.25, 0.3) is 0 Å². The third-order valence-electron chi connectivity index (χ3n) is 6.82. The molecule has 1 saturated heterocycles. The lowest BCUT2D eigenvalue weighted by Gasteiger charge is -2.18. The number of thiocarbonyl (C=S) groups is 1. The van der Waals surface area contributed by atoms with Gasteiger partial charge in [0, 0.05) is 5.56 Å². The summed E-state index contributed by atoms with van der Waals surface area (Å²) in [6.07, 6.45) is 1.69. The monoisotopic (exact) mass is 591 g/mol. The number of para-hydroxylation sites is 2. The maximum absolute atomic E-state index is 6.09. The Balaban J connectivity index is 1.71. The van der Waals surface area contributed by atoms with E-state index in [0.717, 1.165) is 39.5 Å². The molecule has 1 fully saturated rings. The van der Waals surface area contributed by atoms with Crippen LogP contribution in [0.25, 0.3) is 0 Å². The van der Waals surface area contributed by atoms with Crippen molar-refractivity contribution in [2.75, 3.05) is 25.7 Å². The Kier molecular flexibility index (Phi) is 9.12. The zero-order chi connectivity index (χ0) is 30.3. The van der Waals surface area contributed by atoms with E-state index in [9.17, 15) is 0 Å². The second-order valence-electron chi connectivity index (χ2n) is 9.65. The van der Waals surface area contributed by atoms with Crippen LogP contribution in [-0.2, 0) is 0 Å². The van der Waals surface area contributed by atoms with Gasteiger partial charge in [-0.05, 0) is 98.7 Å². The molecule has 4 aromatic carbocycles. The first-order valence-corrected chi connectivity index (χ1v) is 14.3. The summed E-state index contributed by atoms with van der Waals surface area (Å²) in [6.45, 7) is 6.57. The molecule has 1 heterocycles. The third-order valence-corrected chi connectivity index (χ3v) is 7.18. The largest absolute Gasteiger partial charge is 0.497 e. The van der Waals surface area contributed by atoms with E-state index in [1.54, 1.807) is 25.4 Å². The topological polar surface area (TPSA) is 71.2 Å². The van der Waals surface area contributed by atoms with E-state index in [4.69, 9.17) is 41.5 Å². The molecule has 1 aliphatic rings. The lowest BCUT2D eigenvalue weighted by Crippen LogP contribution is -2.31. The molecule has 0 atom stereocenters. The number of methoxy groups -OCH3 is 2. The van der Waals surface area contributed by atoms with Crippen molar-refractivity contribution in [2.24, 2.45) is 15.1 Å². The van der Waals surface area contributed by atoms with Gasteiger partial charge in [0.15, 0.2) is 5.84 Å². The van der Waals surface area contributed by atoms with Crippen LogP contribution in [0.5, 0.6) is 17.2 Å². The predicted molar refractivity (Wildman–Crippen MR) is 178 cm³/mol. The number of aliphatic imine (C=N–C) groups is 2. The maximum atomic E-state index is 6.09. The first kappa shape index (κ1) is 29.5. The highest BCUT2D eigenvalue weighted by Crippen LogP contribution is 2.31. The fourth-order valence-electron chi connectivity index (χ4n) is 4.53. The van der Waals surface area contributed by atoms with Crippen molar-refractivity contribution in [3.8, 4) is 17.2 Å². The molecule has 43 heavy (non-hydrogen) atoms. The molecule has 0 N–H and O–H groups in total. The van der Waals surface area contributed by atoms with Crippen molar-refractivity contribution >= 4 is 52.3 Å². The third kappa shape index (κ3) is 6.42. The number of benzene rings is 4. The van der Waals surface area contributed by atoms with Crippen LogP contribution in [0, 0.1) is 13.8 Å². The highest BCUT2D eigenvalue weighted by molar-refractivity contribution is 7.80. The van der Waals surface area contributed by atoms with Gasteiger partial charge in [-0.15, -0.1) is 0 Å². The molecule has 0 aromatic heterocycles. The molecule has 0 bridgehead atoms. The van der Waals surface area contributed by atoms with Crippen LogP contribution in [0.4, 0.5) is 17.1 Å². The Morgan fingerprint density at radius 2 is 1.35 bits per heavy atom. The van der Waals surface area contributed by atoms with E-state index < -0.39 is 0 Å². The van der Waals surface area contributed by atoms with Crippen LogP contribution < -0.4 is 19.1 Å². The number of hydrogen-bond donors (Lipinski definition) is 0. The first-order chi connectivity index (χ1) is 20.9. The minimum atomic E-state index is 0.391. The van der Waals surface area contributed by atoms with Crippen molar-refractivity contribution in [1.29, 1.82) is 0 Å². The number of aryl methyl sites for hydroxylation is 2. The van der Waals surface area contributed by atoms with E-state index in [1.807, 2.05) is 117 Å². The van der Waals surface area contributed by atoms with Crippen molar-refractivity contribution in [3.05, 3.63) is 108 Å². The highest BCUT2D eigenvalue weighted by atomic mass is 32.1. The molecule has 4 aromatic rings. The summed E-state index contributed by atoms with van der Waals surface area (Å²) >= 11 is 6.09. The molecule has 0 aliphatic carbocycles. The number of amidine groups is 2. The van der Waals surface area contributed by atoms with Crippen LogP contribution in [-0.4, -0.2) is 48.8 Å². The van der Waals surface area contributed by atoms with Gasteiger partial charge in [-0.25, -0.2) is 9.98 Å². The molecule has 0 spiro atoms. The molecule has 8 nitrogen and oxygen atoms in total. The van der Waals surface area contributed by atoms with Gasteiger partial charge in [-0.3, -0.25) is 4.90 Å². The smallest absolute Gasteiger partial charge is 0.209 e.